The van der Waals surface area contributed by atoms with E-state index in [0.29, 0.717) is 5.92 Å². The molecule has 4 bridgehead atoms. The first-order chi connectivity index (χ1) is 17.1. The van der Waals surface area contributed by atoms with Gasteiger partial charge in [0.25, 0.3) is 0 Å². The zero-order valence-corrected chi connectivity index (χ0v) is 24.6. The van der Waals surface area contributed by atoms with Crippen LogP contribution in [0.15, 0.2) is 46.6 Å². The maximum Gasteiger partial charge on any atom is 0.246 e. The normalized spacial score (nSPS) is 28.1. The Morgan fingerprint density at radius 1 is 0.861 bits per heavy atom. The third-order valence-electron chi connectivity index (χ3n) is 9.08. The van der Waals surface area contributed by atoms with Crippen molar-refractivity contribution in [3.63, 3.8) is 0 Å². The van der Waals surface area contributed by atoms with Gasteiger partial charge in [-0.3, -0.25) is 4.79 Å². The minimum atomic E-state index is 0.204. The molecule has 4 aliphatic carbocycles. The first-order valence-corrected chi connectivity index (χ1v) is 15.0. The first-order valence-electron chi connectivity index (χ1n) is 15.0. The molecule has 36 heavy (non-hydrogen) atoms. The monoisotopic (exact) mass is 493 g/mol. The first kappa shape index (κ1) is 29.0. The Labute approximate surface area is 223 Å². The van der Waals surface area contributed by atoms with Crippen LogP contribution in [-0.2, 0) is 4.79 Å². The molecule has 1 atom stereocenters. The summed E-state index contributed by atoms with van der Waals surface area (Å²) in [7, 11) is 0. The third-order valence-corrected chi connectivity index (χ3v) is 9.08. The highest BCUT2D eigenvalue weighted by molar-refractivity contribution is 5.88. The second kappa shape index (κ2) is 13.8. The number of allylic oxidation sites excluding steroid dienone is 6. The summed E-state index contributed by atoms with van der Waals surface area (Å²) < 4.78 is 0. The molecule has 0 heterocycles. The Morgan fingerprint density at radius 3 is 2.08 bits per heavy atom. The number of rotatable bonds is 13. The van der Waals surface area contributed by atoms with Crippen molar-refractivity contribution in [2.45, 2.75) is 113 Å². The second-order valence-corrected chi connectivity index (χ2v) is 13.3. The molecule has 2 heteroatoms. The van der Waals surface area contributed by atoms with Gasteiger partial charge in [-0.25, -0.2) is 0 Å². The Kier molecular flexibility index (Phi) is 11.1. The zero-order chi connectivity index (χ0) is 26.2. The fourth-order valence-electron chi connectivity index (χ4n) is 7.77. The second-order valence-electron chi connectivity index (χ2n) is 13.3. The van der Waals surface area contributed by atoms with Gasteiger partial charge in [-0.1, -0.05) is 47.4 Å². The van der Waals surface area contributed by atoms with Gasteiger partial charge >= 0.3 is 0 Å². The van der Waals surface area contributed by atoms with E-state index in [9.17, 15) is 4.79 Å². The topological polar surface area (TPSA) is 20.3 Å². The van der Waals surface area contributed by atoms with E-state index < -0.39 is 0 Å². The smallest absolute Gasteiger partial charge is 0.246 e. The fraction of sp³-hybridized carbons (Fsp3) is 0.735. The average molecular weight is 494 g/mol. The van der Waals surface area contributed by atoms with Crippen LogP contribution < -0.4 is 0 Å². The standard InChI is InChI=1S/C34H55NO/c1-24(2)10-8-11-26(5)13-15-35(34(36)18-28(7)17-27(6)16-25(3)4)14-9-12-33-31-20-29-19-30(22-31)23-32(33)21-29/h10,13,16,18,27,29-33H,8-9,11-12,14-15,17,19-23H2,1-7H3/b26-13+,28-18+. The SMILES string of the molecule is CC(C)=CCC/C(C)=C/CN(CCCC1C2CC3CC(C2)CC1C3)C(=O)/C=C(\C)CC(C)C=C(C)C. The Balaban J connectivity index is 1.59. The van der Waals surface area contributed by atoms with Crippen molar-refractivity contribution >= 4 is 5.91 Å². The summed E-state index contributed by atoms with van der Waals surface area (Å²) >= 11 is 0. The summed E-state index contributed by atoms with van der Waals surface area (Å²) in [5, 5.41) is 0. The van der Waals surface area contributed by atoms with Crippen molar-refractivity contribution in [1.29, 1.82) is 0 Å². The lowest BCUT2D eigenvalue weighted by Gasteiger charge is -2.54. The summed E-state index contributed by atoms with van der Waals surface area (Å²) in [6, 6.07) is 0. The zero-order valence-electron chi connectivity index (χ0n) is 24.6. The number of carbonyl (C=O) groups excluding carboxylic acids is 1. The molecule has 0 aromatic rings. The lowest BCUT2D eigenvalue weighted by atomic mass is 9.51. The highest BCUT2D eigenvalue weighted by atomic mass is 16.2. The van der Waals surface area contributed by atoms with Crippen molar-refractivity contribution < 1.29 is 4.79 Å². The molecule has 0 radical (unpaired) electrons. The molecular formula is C34H55NO. The molecule has 2 nitrogen and oxygen atoms in total. The fourth-order valence-corrected chi connectivity index (χ4v) is 7.77. The molecule has 0 aromatic carbocycles. The molecule has 1 amide bonds. The van der Waals surface area contributed by atoms with Gasteiger partial charge in [0.1, 0.15) is 0 Å². The van der Waals surface area contributed by atoms with Crippen LogP contribution >= 0.6 is 0 Å². The van der Waals surface area contributed by atoms with Crippen LogP contribution in [0.3, 0.4) is 0 Å². The van der Waals surface area contributed by atoms with Crippen molar-refractivity contribution in [1.82, 2.24) is 4.90 Å². The van der Waals surface area contributed by atoms with Crippen LogP contribution in [0.25, 0.3) is 0 Å². The van der Waals surface area contributed by atoms with Crippen molar-refractivity contribution in [2.24, 2.45) is 35.5 Å². The molecule has 4 fully saturated rings. The lowest BCUT2D eigenvalue weighted by Crippen LogP contribution is -2.45. The largest absolute Gasteiger partial charge is 0.335 e. The van der Waals surface area contributed by atoms with E-state index in [1.54, 1.807) is 0 Å². The van der Waals surface area contributed by atoms with E-state index in [2.05, 4.69) is 71.6 Å². The van der Waals surface area contributed by atoms with Gasteiger partial charge in [-0.2, -0.15) is 0 Å². The number of amides is 1. The lowest BCUT2D eigenvalue weighted by molar-refractivity contribution is -0.125. The molecule has 4 saturated carbocycles. The van der Waals surface area contributed by atoms with Gasteiger partial charge in [0, 0.05) is 19.2 Å². The summed E-state index contributed by atoms with van der Waals surface area (Å²) in [4.78, 5) is 15.5. The quantitative estimate of drug-likeness (QED) is 0.185. The molecule has 0 spiro atoms. The van der Waals surface area contributed by atoms with E-state index >= 15 is 0 Å². The van der Waals surface area contributed by atoms with Crippen LogP contribution in [0.2, 0.25) is 0 Å². The van der Waals surface area contributed by atoms with Crippen molar-refractivity contribution in [3.05, 3.63) is 46.6 Å². The number of hydrogen-bond acceptors (Lipinski definition) is 1. The molecule has 4 aliphatic rings. The summed E-state index contributed by atoms with van der Waals surface area (Å²) in [5.41, 5.74) is 5.32. The summed E-state index contributed by atoms with van der Waals surface area (Å²) in [6.45, 7) is 16.9. The predicted molar refractivity (Wildman–Crippen MR) is 156 cm³/mol. The van der Waals surface area contributed by atoms with Crippen LogP contribution in [0, 0.1) is 35.5 Å². The molecule has 0 aromatic heterocycles. The Hall–Kier alpha value is -1.57. The minimum Gasteiger partial charge on any atom is -0.335 e. The number of carbonyl (C=O) groups is 1. The van der Waals surface area contributed by atoms with E-state index in [4.69, 9.17) is 0 Å². The molecule has 0 saturated heterocycles. The van der Waals surface area contributed by atoms with E-state index in [1.165, 1.54) is 60.8 Å². The predicted octanol–water partition coefficient (Wildman–Crippen LogP) is 9.30. The summed E-state index contributed by atoms with van der Waals surface area (Å²) in [5.74, 6) is 5.67. The van der Waals surface area contributed by atoms with Gasteiger partial charge in [0.15, 0.2) is 0 Å². The van der Waals surface area contributed by atoms with Gasteiger partial charge in [-0.15, -0.1) is 0 Å². The van der Waals surface area contributed by atoms with Gasteiger partial charge in [0.2, 0.25) is 5.91 Å². The van der Waals surface area contributed by atoms with E-state index in [0.717, 1.165) is 68.4 Å². The van der Waals surface area contributed by atoms with Crippen LogP contribution in [0.5, 0.6) is 0 Å². The van der Waals surface area contributed by atoms with E-state index in [-0.39, 0.29) is 5.91 Å². The number of nitrogens with zero attached hydrogens (tertiary/aromatic N) is 1. The summed E-state index contributed by atoms with van der Waals surface area (Å²) in [6.07, 6.45) is 22.0. The van der Waals surface area contributed by atoms with E-state index in [1.807, 2.05) is 6.08 Å². The molecule has 202 valence electrons. The maximum atomic E-state index is 13.4. The van der Waals surface area contributed by atoms with Crippen molar-refractivity contribution in [2.75, 3.05) is 13.1 Å². The Bertz CT molecular complexity index is 820. The molecular weight excluding hydrogens is 438 g/mol. The molecule has 4 rings (SSSR count). The highest BCUT2D eigenvalue weighted by Gasteiger charge is 2.47. The van der Waals surface area contributed by atoms with Gasteiger partial charge in [-0.05, 0) is 141 Å². The van der Waals surface area contributed by atoms with Crippen molar-refractivity contribution in [3.8, 4) is 0 Å². The highest BCUT2D eigenvalue weighted by Crippen LogP contribution is 2.57. The maximum absolute atomic E-state index is 13.4. The van der Waals surface area contributed by atoms with Crippen LogP contribution in [-0.4, -0.2) is 23.9 Å². The third kappa shape index (κ3) is 9.07. The van der Waals surface area contributed by atoms with Crippen LogP contribution in [0.4, 0.5) is 0 Å². The molecule has 0 N–H and O–H groups in total. The Morgan fingerprint density at radius 2 is 1.50 bits per heavy atom. The van der Waals surface area contributed by atoms with Gasteiger partial charge in [0.05, 0.1) is 0 Å². The van der Waals surface area contributed by atoms with Gasteiger partial charge < -0.3 is 4.90 Å². The molecule has 0 aliphatic heterocycles. The number of hydrogen-bond donors (Lipinski definition) is 0. The minimum absolute atomic E-state index is 0.204. The molecule has 1 unspecified atom stereocenters. The van der Waals surface area contributed by atoms with Crippen LogP contribution in [0.1, 0.15) is 113 Å². The average Bonchev–Trinajstić information content (AvgIpc) is 2.76.